The van der Waals surface area contributed by atoms with Crippen molar-refractivity contribution in [3.63, 3.8) is 0 Å². The predicted molar refractivity (Wildman–Crippen MR) is 58.8 cm³/mol. The van der Waals surface area contributed by atoms with Crippen LogP contribution in [-0.2, 0) is 0 Å². The summed E-state index contributed by atoms with van der Waals surface area (Å²) in [5, 5.41) is 1.23. The van der Waals surface area contributed by atoms with E-state index in [4.69, 9.17) is 0 Å². The third-order valence-corrected chi connectivity index (χ3v) is 4.42. The number of alkyl halides is 1. The monoisotopic (exact) mass is 232 g/mol. The zero-order valence-corrected chi connectivity index (χ0v) is 9.83. The molecule has 1 fully saturated rings. The predicted octanol–water partition coefficient (Wildman–Crippen LogP) is 4.52. The molecule has 0 nitrogen and oxygen atoms in total. The minimum atomic E-state index is 0.672. The molecule has 0 aliphatic heterocycles. The smallest absolute Gasteiger partial charge is 0.00879 e. The lowest BCUT2D eigenvalue weighted by molar-refractivity contribution is 0.262. The van der Waals surface area contributed by atoms with Gasteiger partial charge < -0.3 is 0 Å². The van der Waals surface area contributed by atoms with Crippen molar-refractivity contribution in [2.45, 2.75) is 58.3 Å². The van der Waals surface area contributed by atoms with Crippen LogP contribution in [0.2, 0.25) is 0 Å². The fraction of sp³-hybridized carbons (Fsp3) is 1.00. The quantitative estimate of drug-likeness (QED) is 0.496. The van der Waals surface area contributed by atoms with Gasteiger partial charge in [0.15, 0.2) is 0 Å². The van der Waals surface area contributed by atoms with E-state index in [2.05, 4.69) is 22.9 Å². The first-order valence-corrected chi connectivity index (χ1v) is 6.51. The first-order valence-electron chi connectivity index (χ1n) is 5.39. The summed E-state index contributed by atoms with van der Waals surface area (Å²) in [5.74, 6) is 0. The van der Waals surface area contributed by atoms with Gasteiger partial charge in [-0.25, -0.2) is 0 Å². The molecule has 0 aromatic carbocycles. The van der Waals surface area contributed by atoms with Crippen molar-refractivity contribution in [2.24, 2.45) is 5.41 Å². The van der Waals surface area contributed by atoms with Crippen molar-refractivity contribution in [2.75, 3.05) is 5.33 Å². The summed E-state index contributed by atoms with van der Waals surface area (Å²) in [4.78, 5) is 0. The van der Waals surface area contributed by atoms with Gasteiger partial charge >= 0.3 is 0 Å². The van der Waals surface area contributed by atoms with E-state index in [0.717, 1.165) is 0 Å². The summed E-state index contributed by atoms with van der Waals surface area (Å²) in [7, 11) is 0. The Bertz CT molecular complexity index is 112. The number of rotatable bonds is 3. The summed E-state index contributed by atoms with van der Waals surface area (Å²) >= 11 is 3.70. The standard InChI is InChI=1S/C11H21Br/c1-2-7-11(10-12)8-5-3-4-6-9-11/h2-10H2,1H3. The van der Waals surface area contributed by atoms with Crippen LogP contribution >= 0.6 is 15.9 Å². The molecule has 72 valence electrons. The van der Waals surface area contributed by atoms with E-state index in [1.807, 2.05) is 0 Å². The second-order valence-electron chi connectivity index (χ2n) is 4.30. The molecule has 0 aromatic rings. The molecular weight excluding hydrogens is 212 g/mol. The Morgan fingerprint density at radius 2 is 1.67 bits per heavy atom. The van der Waals surface area contributed by atoms with Crippen LogP contribution in [0.25, 0.3) is 0 Å². The fourth-order valence-corrected chi connectivity index (χ4v) is 3.30. The van der Waals surface area contributed by atoms with Gasteiger partial charge in [-0.15, -0.1) is 0 Å². The summed E-state index contributed by atoms with van der Waals surface area (Å²) in [5.41, 5.74) is 0.672. The highest BCUT2D eigenvalue weighted by Gasteiger charge is 2.28. The van der Waals surface area contributed by atoms with E-state index < -0.39 is 0 Å². The Balaban J connectivity index is 2.48. The average molecular weight is 233 g/mol. The molecular formula is C11H21Br. The van der Waals surface area contributed by atoms with Crippen molar-refractivity contribution in [1.29, 1.82) is 0 Å². The van der Waals surface area contributed by atoms with E-state index in [1.54, 1.807) is 0 Å². The van der Waals surface area contributed by atoms with E-state index in [9.17, 15) is 0 Å². The van der Waals surface area contributed by atoms with E-state index in [0.29, 0.717) is 5.41 Å². The summed E-state index contributed by atoms with van der Waals surface area (Å²) in [6, 6.07) is 0. The molecule has 1 heteroatoms. The molecule has 1 aliphatic rings. The highest BCUT2D eigenvalue weighted by Crippen LogP contribution is 2.40. The van der Waals surface area contributed by atoms with Crippen molar-refractivity contribution < 1.29 is 0 Å². The molecule has 0 unspecified atom stereocenters. The summed E-state index contributed by atoms with van der Waals surface area (Å²) in [6.45, 7) is 2.31. The van der Waals surface area contributed by atoms with E-state index in [-0.39, 0.29) is 0 Å². The maximum Gasteiger partial charge on any atom is 0.00879 e. The van der Waals surface area contributed by atoms with Gasteiger partial charge in [0.05, 0.1) is 0 Å². The maximum absolute atomic E-state index is 3.70. The Morgan fingerprint density at radius 3 is 2.08 bits per heavy atom. The molecule has 0 N–H and O–H groups in total. The number of halogens is 1. The zero-order chi connectivity index (χ0) is 8.86. The summed E-state index contributed by atoms with van der Waals surface area (Å²) in [6.07, 6.45) is 11.6. The normalized spacial score (nSPS) is 23.5. The third kappa shape index (κ3) is 2.76. The Morgan fingerprint density at radius 1 is 1.08 bits per heavy atom. The lowest BCUT2D eigenvalue weighted by Gasteiger charge is -2.30. The largest absolute Gasteiger partial charge is 0.0922 e. The van der Waals surface area contributed by atoms with Crippen LogP contribution in [0.3, 0.4) is 0 Å². The van der Waals surface area contributed by atoms with Gasteiger partial charge in [-0.05, 0) is 24.7 Å². The van der Waals surface area contributed by atoms with E-state index in [1.165, 1.54) is 56.7 Å². The molecule has 1 rings (SSSR count). The van der Waals surface area contributed by atoms with Crippen molar-refractivity contribution in [3.8, 4) is 0 Å². The fourth-order valence-electron chi connectivity index (χ4n) is 2.46. The van der Waals surface area contributed by atoms with Crippen LogP contribution in [-0.4, -0.2) is 5.33 Å². The molecule has 1 saturated carbocycles. The van der Waals surface area contributed by atoms with Crippen molar-refractivity contribution >= 4 is 15.9 Å². The second-order valence-corrected chi connectivity index (χ2v) is 4.86. The van der Waals surface area contributed by atoms with Gasteiger partial charge in [0.1, 0.15) is 0 Å². The lowest BCUT2D eigenvalue weighted by atomic mass is 9.79. The van der Waals surface area contributed by atoms with Crippen LogP contribution < -0.4 is 0 Å². The highest BCUT2D eigenvalue weighted by atomic mass is 79.9. The van der Waals surface area contributed by atoms with Gasteiger partial charge in [0.25, 0.3) is 0 Å². The molecule has 0 saturated heterocycles. The third-order valence-electron chi connectivity index (χ3n) is 3.23. The van der Waals surface area contributed by atoms with Crippen LogP contribution in [0.4, 0.5) is 0 Å². The molecule has 0 aromatic heterocycles. The molecule has 12 heavy (non-hydrogen) atoms. The number of hydrogen-bond acceptors (Lipinski definition) is 0. The minimum Gasteiger partial charge on any atom is -0.0922 e. The van der Waals surface area contributed by atoms with Gasteiger partial charge in [-0.3, -0.25) is 0 Å². The lowest BCUT2D eigenvalue weighted by Crippen LogP contribution is -2.21. The van der Waals surface area contributed by atoms with Crippen molar-refractivity contribution in [1.82, 2.24) is 0 Å². The Kier molecular flexibility index (Phi) is 4.63. The second kappa shape index (κ2) is 5.26. The Labute approximate surface area is 85.3 Å². The molecule has 1 aliphatic carbocycles. The molecule has 0 bridgehead atoms. The minimum absolute atomic E-state index is 0.672. The van der Waals surface area contributed by atoms with Crippen molar-refractivity contribution in [3.05, 3.63) is 0 Å². The maximum atomic E-state index is 3.70. The van der Waals surface area contributed by atoms with Gasteiger partial charge in [-0.2, -0.15) is 0 Å². The molecule has 0 amide bonds. The molecule has 0 atom stereocenters. The van der Waals surface area contributed by atoms with E-state index >= 15 is 0 Å². The van der Waals surface area contributed by atoms with Crippen LogP contribution in [0.1, 0.15) is 58.3 Å². The van der Waals surface area contributed by atoms with Crippen LogP contribution in [0.5, 0.6) is 0 Å². The molecule has 0 radical (unpaired) electrons. The number of hydrogen-bond donors (Lipinski definition) is 0. The summed E-state index contributed by atoms with van der Waals surface area (Å²) < 4.78 is 0. The van der Waals surface area contributed by atoms with Gasteiger partial charge in [-0.1, -0.05) is 55.0 Å². The molecule has 0 spiro atoms. The SMILES string of the molecule is CCCC1(CBr)CCCCCC1. The first-order chi connectivity index (χ1) is 5.83. The highest BCUT2D eigenvalue weighted by molar-refractivity contribution is 9.09. The average Bonchev–Trinajstić information content (AvgIpc) is 2.32. The van der Waals surface area contributed by atoms with Crippen LogP contribution in [0, 0.1) is 5.41 Å². The Hall–Kier alpha value is 0.480. The zero-order valence-electron chi connectivity index (χ0n) is 8.24. The van der Waals surface area contributed by atoms with Gasteiger partial charge in [0, 0.05) is 5.33 Å². The van der Waals surface area contributed by atoms with Gasteiger partial charge in [0.2, 0.25) is 0 Å². The topological polar surface area (TPSA) is 0 Å². The first kappa shape index (κ1) is 10.6. The molecule has 0 heterocycles. The van der Waals surface area contributed by atoms with Crippen LogP contribution in [0.15, 0.2) is 0 Å².